The number of rotatable bonds is 4. The molecule has 3 aromatic carbocycles. The van der Waals surface area contributed by atoms with Gasteiger partial charge in [0, 0.05) is 29.2 Å². The van der Waals surface area contributed by atoms with Crippen molar-refractivity contribution in [2.75, 3.05) is 0 Å². The molecule has 7 nitrogen and oxygen atoms in total. The van der Waals surface area contributed by atoms with Gasteiger partial charge < -0.3 is 4.98 Å². The molecule has 0 atom stereocenters. The van der Waals surface area contributed by atoms with Crippen LogP contribution in [0.3, 0.4) is 0 Å². The molecule has 0 aliphatic heterocycles. The molecule has 0 saturated heterocycles. The molecule has 3 heterocycles. The number of benzene rings is 3. The molecule has 1 N–H and O–H groups in total. The molecule has 0 amide bonds. The van der Waals surface area contributed by atoms with E-state index >= 15 is 0 Å². The van der Waals surface area contributed by atoms with Gasteiger partial charge in [-0.15, -0.1) is 0 Å². The zero-order valence-electron chi connectivity index (χ0n) is 20.8. The number of hydrogen-bond donors (Lipinski definition) is 1. The fourth-order valence-electron chi connectivity index (χ4n) is 4.96. The maximum atomic E-state index is 13.9. The van der Waals surface area contributed by atoms with E-state index in [0.717, 1.165) is 27.8 Å². The van der Waals surface area contributed by atoms with Crippen molar-refractivity contribution < 1.29 is 0 Å². The predicted molar refractivity (Wildman–Crippen MR) is 149 cm³/mol. The van der Waals surface area contributed by atoms with Gasteiger partial charge in [-0.25, -0.2) is 9.67 Å². The lowest BCUT2D eigenvalue weighted by atomic mass is 10.1. The molecule has 0 fully saturated rings. The Morgan fingerprint density at radius 1 is 0.784 bits per heavy atom. The van der Waals surface area contributed by atoms with E-state index in [1.807, 2.05) is 93.7 Å². The van der Waals surface area contributed by atoms with Crippen LogP contribution in [0.15, 0.2) is 88.5 Å². The summed E-state index contributed by atoms with van der Waals surface area (Å²) < 4.78 is 4.79. The van der Waals surface area contributed by atoms with Crippen molar-refractivity contribution >= 4 is 34.0 Å². The minimum absolute atomic E-state index is 0.282. The molecule has 3 aromatic heterocycles. The second kappa shape index (κ2) is 8.64. The van der Waals surface area contributed by atoms with E-state index in [1.54, 1.807) is 21.5 Å². The van der Waals surface area contributed by atoms with E-state index < -0.39 is 0 Å². The third-order valence-corrected chi connectivity index (χ3v) is 6.89. The predicted octanol–water partition coefficient (Wildman–Crippen LogP) is 5.14. The summed E-state index contributed by atoms with van der Waals surface area (Å²) in [5.41, 5.74) is 4.72. The Labute approximate surface area is 212 Å². The minimum Gasteiger partial charge on any atom is -0.358 e. The number of hydrogen-bond acceptors (Lipinski definition) is 3. The van der Waals surface area contributed by atoms with Crippen LogP contribution in [-0.2, 0) is 7.05 Å². The maximum Gasteiger partial charge on any atom is 0.296 e. The van der Waals surface area contributed by atoms with Crippen LogP contribution < -0.4 is 11.1 Å². The number of para-hydroxylation sites is 3. The molecule has 0 aliphatic carbocycles. The average molecular weight is 488 g/mol. The van der Waals surface area contributed by atoms with Crippen LogP contribution in [0.2, 0.25) is 0 Å². The zero-order valence-corrected chi connectivity index (χ0v) is 20.8. The molecule has 0 saturated carbocycles. The molecule has 0 unspecified atom stereocenters. The van der Waals surface area contributed by atoms with E-state index in [2.05, 4.69) is 11.1 Å². The molecule has 6 rings (SSSR count). The van der Waals surface area contributed by atoms with Crippen LogP contribution in [0.25, 0.3) is 45.3 Å². The van der Waals surface area contributed by atoms with E-state index in [-0.39, 0.29) is 16.8 Å². The van der Waals surface area contributed by atoms with Gasteiger partial charge in [-0.2, -0.15) is 0 Å². The highest BCUT2D eigenvalue weighted by molar-refractivity contribution is 5.93. The van der Waals surface area contributed by atoms with Crippen LogP contribution in [-0.4, -0.2) is 23.9 Å². The van der Waals surface area contributed by atoms with Gasteiger partial charge in [0.1, 0.15) is 11.5 Å². The van der Waals surface area contributed by atoms with Gasteiger partial charge in [0.2, 0.25) is 0 Å². The topological polar surface area (TPSA) is 77.6 Å². The average Bonchev–Trinajstić information content (AvgIpc) is 3.35. The molecule has 37 heavy (non-hydrogen) atoms. The number of nitrogens with zero attached hydrogens (tertiary/aromatic N) is 4. The van der Waals surface area contributed by atoms with Gasteiger partial charge >= 0.3 is 0 Å². The second-order valence-electron chi connectivity index (χ2n) is 9.08. The highest BCUT2D eigenvalue weighted by atomic mass is 16.1. The Balaban J connectivity index is 1.64. The Hall–Kier alpha value is -4.91. The fourth-order valence-corrected chi connectivity index (χ4v) is 4.96. The van der Waals surface area contributed by atoms with Crippen molar-refractivity contribution in [3.63, 3.8) is 0 Å². The van der Waals surface area contributed by atoms with E-state index in [9.17, 15) is 9.59 Å². The molecular formula is C30H25N5O2. The van der Waals surface area contributed by atoms with E-state index in [1.165, 1.54) is 4.57 Å². The van der Waals surface area contributed by atoms with E-state index in [0.29, 0.717) is 22.4 Å². The van der Waals surface area contributed by atoms with Crippen LogP contribution in [0.4, 0.5) is 0 Å². The summed E-state index contributed by atoms with van der Waals surface area (Å²) in [6, 6.07) is 24.7. The van der Waals surface area contributed by atoms with Crippen LogP contribution >= 0.6 is 0 Å². The first-order valence-corrected chi connectivity index (χ1v) is 12.1. The summed E-state index contributed by atoms with van der Waals surface area (Å²) in [4.78, 5) is 35.9. The summed E-state index contributed by atoms with van der Waals surface area (Å²) in [5.74, 6) is 0.388. The third kappa shape index (κ3) is 3.55. The van der Waals surface area contributed by atoms with Crippen molar-refractivity contribution in [2.45, 2.75) is 13.8 Å². The molecule has 0 bridgehead atoms. The second-order valence-corrected chi connectivity index (χ2v) is 9.08. The van der Waals surface area contributed by atoms with Crippen LogP contribution in [0, 0.1) is 13.8 Å². The SMILES string of the molecule is Cc1[nH]c2ccccc2c1C=Cc1nc2ccccc2c(=O)n1-c1c(C)n(C)n(-c2ccccc2)c1=O. The number of fused-ring (bicyclic) bond motifs is 2. The number of H-pyrrole nitrogens is 1. The molecule has 0 spiro atoms. The molecule has 182 valence electrons. The smallest absolute Gasteiger partial charge is 0.296 e. The monoisotopic (exact) mass is 487 g/mol. The first-order chi connectivity index (χ1) is 18.0. The van der Waals surface area contributed by atoms with Crippen LogP contribution in [0.5, 0.6) is 0 Å². The zero-order chi connectivity index (χ0) is 25.7. The summed E-state index contributed by atoms with van der Waals surface area (Å²) in [6.45, 7) is 3.86. The lowest BCUT2D eigenvalue weighted by Gasteiger charge is -2.10. The quantitative estimate of drug-likeness (QED) is 0.374. The lowest BCUT2D eigenvalue weighted by molar-refractivity contribution is 0.630. The van der Waals surface area contributed by atoms with Crippen LogP contribution in [0.1, 0.15) is 22.8 Å². The number of aryl methyl sites for hydroxylation is 1. The highest BCUT2D eigenvalue weighted by Crippen LogP contribution is 2.24. The summed E-state index contributed by atoms with van der Waals surface area (Å²) in [5, 5.41) is 1.53. The summed E-state index contributed by atoms with van der Waals surface area (Å²) in [7, 11) is 1.82. The third-order valence-electron chi connectivity index (χ3n) is 6.89. The van der Waals surface area contributed by atoms with Gasteiger partial charge in [0.15, 0.2) is 0 Å². The standard InChI is InChI=1S/C30H25N5O2/c1-19-22(23-13-7-9-15-25(23)31-19)17-18-27-32-26-16-10-8-14-24(26)29(36)34(27)28-20(2)33(3)35(30(28)37)21-11-5-4-6-12-21/h4-18,31H,1-3H3. The fraction of sp³-hybridized carbons (Fsp3) is 0.100. The van der Waals surface area contributed by atoms with Crippen molar-refractivity contribution in [1.82, 2.24) is 23.9 Å². The largest absolute Gasteiger partial charge is 0.358 e. The van der Waals surface area contributed by atoms with Crippen molar-refractivity contribution in [3.8, 4) is 11.4 Å². The Morgan fingerprint density at radius 2 is 1.46 bits per heavy atom. The number of aromatic amines is 1. The highest BCUT2D eigenvalue weighted by Gasteiger charge is 2.22. The van der Waals surface area contributed by atoms with E-state index in [4.69, 9.17) is 4.98 Å². The normalized spacial score (nSPS) is 11.8. The van der Waals surface area contributed by atoms with Gasteiger partial charge in [-0.3, -0.25) is 18.8 Å². The first-order valence-electron chi connectivity index (χ1n) is 12.1. The molecule has 6 aromatic rings. The van der Waals surface area contributed by atoms with Crippen molar-refractivity contribution in [1.29, 1.82) is 0 Å². The lowest BCUT2D eigenvalue weighted by Crippen LogP contribution is -2.28. The molecular weight excluding hydrogens is 462 g/mol. The maximum absolute atomic E-state index is 13.9. The minimum atomic E-state index is -0.289. The Morgan fingerprint density at radius 3 is 2.24 bits per heavy atom. The molecule has 0 radical (unpaired) electrons. The number of aromatic nitrogens is 5. The number of nitrogens with one attached hydrogen (secondary N) is 1. The van der Waals surface area contributed by atoms with Crippen molar-refractivity contribution in [3.05, 3.63) is 122 Å². The first kappa shape index (κ1) is 22.5. The Kier molecular flexibility index (Phi) is 5.26. The summed E-state index contributed by atoms with van der Waals surface area (Å²) in [6.07, 6.45) is 3.77. The molecule has 7 heteroatoms. The molecule has 0 aliphatic rings. The summed E-state index contributed by atoms with van der Waals surface area (Å²) >= 11 is 0. The van der Waals surface area contributed by atoms with Gasteiger partial charge in [-0.1, -0.05) is 48.5 Å². The van der Waals surface area contributed by atoms with Gasteiger partial charge in [0.25, 0.3) is 11.1 Å². The Bertz CT molecular complexity index is 1950. The van der Waals surface area contributed by atoms with Gasteiger partial charge in [0.05, 0.1) is 22.3 Å². The van der Waals surface area contributed by atoms with Gasteiger partial charge in [-0.05, 0) is 56.3 Å². The van der Waals surface area contributed by atoms with Crippen molar-refractivity contribution in [2.24, 2.45) is 7.05 Å².